The Hall–Kier alpha value is -1.01. The van der Waals surface area contributed by atoms with Gasteiger partial charge in [0, 0.05) is 4.47 Å². The van der Waals surface area contributed by atoms with Gasteiger partial charge in [0.2, 0.25) is 0 Å². The molecule has 0 aliphatic carbocycles. The average molecular weight is 268 g/mol. The number of benzene rings is 1. The molecule has 0 spiro atoms. The zero-order valence-electron chi connectivity index (χ0n) is 9.17. The number of hydrogen-bond acceptors (Lipinski definition) is 2. The van der Waals surface area contributed by atoms with Crippen LogP contribution in [0.25, 0.3) is 0 Å². The van der Waals surface area contributed by atoms with Gasteiger partial charge >= 0.3 is 0 Å². The van der Waals surface area contributed by atoms with Crippen molar-refractivity contribution in [2.24, 2.45) is 0 Å². The zero-order chi connectivity index (χ0) is 11.5. The first kappa shape index (κ1) is 12.1. The highest BCUT2D eigenvalue weighted by molar-refractivity contribution is 9.10. The first-order valence-electron chi connectivity index (χ1n) is 4.86. The van der Waals surface area contributed by atoms with Crippen LogP contribution in [0, 0.1) is 11.3 Å². The molecule has 15 heavy (non-hydrogen) atoms. The Morgan fingerprint density at radius 3 is 2.60 bits per heavy atom. The lowest BCUT2D eigenvalue weighted by atomic mass is 10.1. The predicted molar refractivity (Wildman–Crippen MR) is 63.9 cm³/mol. The van der Waals surface area contributed by atoms with Gasteiger partial charge in [-0.25, -0.2) is 0 Å². The third-order valence-electron chi connectivity index (χ3n) is 2.25. The standard InChI is InChI=1S/C12H14BrNO/c1-4-12(2,3)15-11-6-9(8-14)5-10(13)7-11/h5-7H,4H2,1-3H3. The Balaban J connectivity index is 2.96. The quantitative estimate of drug-likeness (QED) is 0.833. The third kappa shape index (κ3) is 3.56. The fourth-order valence-corrected chi connectivity index (χ4v) is 1.55. The maximum atomic E-state index is 8.82. The van der Waals surface area contributed by atoms with Crippen LogP contribution < -0.4 is 4.74 Å². The average Bonchev–Trinajstić information content (AvgIpc) is 2.16. The highest BCUT2D eigenvalue weighted by Crippen LogP contribution is 2.25. The minimum absolute atomic E-state index is 0.201. The second-order valence-corrected chi connectivity index (χ2v) is 4.92. The van der Waals surface area contributed by atoms with Gasteiger partial charge < -0.3 is 4.74 Å². The van der Waals surface area contributed by atoms with Gasteiger partial charge in [0.15, 0.2) is 0 Å². The molecular formula is C12H14BrNO. The smallest absolute Gasteiger partial charge is 0.122 e. The van der Waals surface area contributed by atoms with Gasteiger partial charge in [-0.3, -0.25) is 0 Å². The highest BCUT2D eigenvalue weighted by Gasteiger charge is 2.17. The fourth-order valence-electron chi connectivity index (χ4n) is 1.08. The van der Waals surface area contributed by atoms with Gasteiger partial charge in [0.05, 0.1) is 11.6 Å². The number of hydrogen-bond donors (Lipinski definition) is 0. The monoisotopic (exact) mass is 267 g/mol. The van der Waals surface area contributed by atoms with Crippen LogP contribution >= 0.6 is 15.9 Å². The van der Waals surface area contributed by atoms with Crippen LogP contribution in [0.3, 0.4) is 0 Å². The molecule has 0 atom stereocenters. The van der Waals surface area contributed by atoms with Crippen molar-refractivity contribution in [1.82, 2.24) is 0 Å². The second-order valence-electron chi connectivity index (χ2n) is 4.00. The Kier molecular flexibility index (Phi) is 3.76. The van der Waals surface area contributed by atoms with Gasteiger partial charge in [0.25, 0.3) is 0 Å². The summed E-state index contributed by atoms with van der Waals surface area (Å²) in [5, 5.41) is 8.82. The molecule has 3 heteroatoms. The van der Waals surface area contributed by atoms with Crippen molar-refractivity contribution < 1.29 is 4.74 Å². The van der Waals surface area contributed by atoms with Gasteiger partial charge in [-0.15, -0.1) is 0 Å². The van der Waals surface area contributed by atoms with Crippen LogP contribution in [0.15, 0.2) is 22.7 Å². The molecule has 0 N–H and O–H groups in total. The lowest BCUT2D eigenvalue weighted by molar-refractivity contribution is 0.105. The lowest BCUT2D eigenvalue weighted by Gasteiger charge is -2.25. The first-order valence-corrected chi connectivity index (χ1v) is 5.66. The maximum absolute atomic E-state index is 8.82. The largest absolute Gasteiger partial charge is 0.488 e. The van der Waals surface area contributed by atoms with Crippen molar-refractivity contribution in [3.8, 4) is 11.8 Å². The summed E-state index contributed by atoms with van der Waals surface area (Å²) < 4.78 is 6.66. The van der Waals surface area contributed by atoms with E-state index in [1.54, 1.807) is 12.1 Å². The van der Waals surface area contributed by atoms with Gasteiger partial charge in [0.1, 0.15) is 11.4 Å². The molecule has 80 valence electrons. The summed E-state index contributed by atoms with van der Waals surface area (Å²) in [7, 11) is 0. The summed E-state index contributed by atoms with van der Waals surface area (Å²) in [4.78, 5) is 0. The molecule has 0 saturated carbocycles. The molecule has 0 bridgehead atoms. The summed E-state index contributed by atoms with van der Waals surface area (Å²) in [6.45, 7) is 6.13. The molecule has 1 rings (SSSR count). The van der Waals surface area contributed by atoms with E-state index in [4.69, 9.17) is 10.00 Å². The molecule has 0 aromatic heterocycles. The van der Waals surface area contributed by atoms with Crippen LogP contribution in [0.2, 0.25) is 0 Å². The van der Waals surface area contributed by atoms with Crippen LogP contribution in [-0.4, -0.2) is 5.60 Å². The number of nitriles is 1. The van der Waals surface area contributed by atoms with Crippen LogP contribution in [-0.2, 0) is 0 Å². The predicted octanol–water partition coefficient (Wildman–Crippen LogP) is 3.89. The number of halogens is 1. The van der Waals surface area contributed by atoms with E-state index in [9.17, 15) is 0 Å². The Morgan fingerprint density at radius 1 is 1.40 bits per heavy atom. The van der Waals surface area contributed by atoms with E-state index in [0.29, 0.717) is 5.56 Å². The maximum Gasteiger partial charge on any atom is 0.122 e. The van der Waals surface area contributed by atoms with E-state index in [2.05, 4.69) is 28.9 Å². The summed E-state index contributed by atoms with van der Waals surface area (Å²) in [5.74, 6) is 0.729. The van der Waals surface area contributed by atoms with Gasteiger partial charge in [-0.1, -0.05) is 22.9 Å². The SMILES string of the molecule is CCC(C)(C)Oc1cc(Br)cc(C#N)c1. The molecule has 0 fully saturated rings. The molecule has 0 heterocycles. The van der Waals surface area contributed by atoms with Gasteiger partial charge in [-0.2, -0.15) is 5.26 Å². The summed E-state index contributed by atoms with van der Waals surface area (Å²) >= 11 is 3.35. The van der Waals surface area contributed by atoms with E-state index in [-0.39, 0.29) is 5.60 Å². The van der Waals surface area contributed by atoms with Gasteiger partial charge in [-0.05, 0) is 38.5 Å². The molecule has 0 amide bonds. The fraction of sp³-hybridized carbons (Fsp3) is 0.417. The summed E-state index contributed by atoms with van der Waals surface area (Å²) in [5.41, 5.74) is 0.402. The lowest BCUT2D eigenvalue weighted by Crippen LogP contribution is -2.26. The number of nitrogens with zero attached hydrogens (tertiary/aromatic N) is 1. The minimum atomic E-state index is -0.201. The molecule has 0 aliphatic rings. The molecule has 0 aliphatic heterocycles. The molecule has 2 nitrogen and oxygen atoms in total. The van der Waals surface area contributed by atoms with E-state index in [1.807, 2.05) is 19.9 Å². The van der Waals surface area contributed by atoms with Crippen molar-refractivity contribution in [2.75, 3.05) is 0 Å². The molecule has 0 saturated heterocycles. The molecule has 1 aromatic rings. The number of rotatable bonds is 3. The van der Waals surface area contributed by atoms with E-state index in [0.717, 1.165) is 16.6 Å². The Bertz CT molecular complexity index is 393. The van der Waals surface area contributed by atoms with E-state index >= 15 is 0 Å². The summed E-state index contributed by atoms with van der Waals surface area (Å²) in [6, 6.07) is 7.50. The molecule has 0 radical (unpaired) electrons. The molecule has 0 unspecified atom stereocenters. The van der Waals surface area contributed by atoms with Crippen LogP contribution in [0.4, 0.5) is 0 Å². The number of ether oxygens (including phenoxy) is 1. The van der Waals surface area contributed by atoms with Crippen molar-refractivity contribution >= 4 is 15.9 Å². The van der Waals surface area contributed by atoms with Crippen molar-refractivity contribution in [2.45, 2.75) is 32.8 Å². The first-order chi connectivity index (χ1) is 6.96. The Morgan fingerprint density at radius 2 is 2.07 bits per heavy atom. The van der Waals surface area contributed by atoms with Crippen molar-refractivity contribution in [1.29, 1.82) is 5.26 Å². The topological polar surface area (TPSA) is 33.0 Å². The second kappa shape index (κ2) is 4.67. The van der Waals surface area contributed by atoms with E-state index < -0.39 is 0 Å². The van der Waals surface area contributed by atoms with Crippen molar-refractivity contribution in [3.63, 3.8) is 0 Å². The van der Waals surface area contributed by atoms with Crippen LogP contribution in [0.5, 0.6) is 5.75 Å². The molecular weight excluding hydrogens is 254 g/mol. The molecule has 1 aromatic carbocycles. The minimum Gasteiger partial charge on any atom is -0.488 e. The van der Waals surface area contributed by atoms with Crippen molar-refractivity contribution in [3.05, 3.63) is 28.2 Å². The van der Waals surface area contributed by atoms with Crippen LogP contribution in [0.1, 0.15) is 32.8 Å². The Labute approximate surface area is 99.0 Å². The summed E-state index contributed by atoms with van der Waals surface area (Å²) in [6.07, 6.45) is 0.918. The van der Waals surface area contributed by atoms with E-state index in [1.165, 1.54) is 0 Å². The zero-order valence-corrected chi connectivity index (χ0v) is 10.8. The highest BCUT2D eigenvalue weighted by atomic mass is 79.9. The third-order valence-corrected chi connectivity index (χ3v) is 2.70. The normalized spacial score (nSPS) is 10.9.